The Kier molecular flexibility index (Phi) is 4.38. The summed E-state index contributed by atoms with van der Waals surface area (Å²) in [6.07, 6.45) is 1.63. The summed E-state index contributed by atoms with van der Waals surface area (Å²) in [5.41, 5.74) is 9.48. The van der Waals surface area contributed by atoms with Crippen molar-refractivity contribution >= 4 is 5.91 Å². The maximum Gasteiger partial charge on any atom is 0.242 e. The lowest BCUT2D eigenvalue weighted by Crippen LogP contribution is -2.41. The molecule has 3 aromatic rings. The number of hydrogen-bond acceptors (Lipinski definition) is 5. The minimum atomic E-state index is -0.374. The Labute approximate surface area is 169 Å². The number of carbonyl (C=O) groups is 1. The molecule has 4 unspecified atom stereocenters. The number of rotatable bonds is 4. The number of nitrogens with one attached hydrogen (secondary N) is 2. The van der Waals surface area contributed by atoms with Crippen molar-refractivity contribution in [3.63, 3.8) is 0 Å². The predicted octanol–water partition coefficient (Wildman–Crippen LogP) is 3.21. The second kappa shape index (κ2) is 7.06. The van der Waals surface area contributed by atoms with Gasteiger partial charge < -0.3 is 14.4 Å². The minimum Gasteiger partial charge on any atom is -0.508 e. The van der Waals surface area contributed by atoms with Gasteiger partial charge in [-0.3, -0.25) is 4.79 Å². The Morgan fingerprint density at radius 3 is 2.48 bits per heavy atom. The van der Waals surface area contributed by atoms with Crippen molar-refractivity contribution in [2.45, 2.75) is 31.6 Å². The number of carbonyl (C=O) groups excluding carboxylic acids is 1. The number of fused-ring (bicyclic) bond motifs is 1. The van der Waals surface area contributed by atoms with Gasteiger partial charge in [-0.2, -0.15) is 0 Å². The number of aromatic hydroxyl groups is 1. The van der Waals surface area contributed by atoms with Gasteiger partial charge in [0, 0.05) is 11.5 Å². The van der Waals surface area contributed by atoms with Crippen LogP contribution in [0.15, 0.2) is 71.3 Å². The smallest absolute Gasteiger partial charge is 0.242 e. The highest BCUT2D eigenvalue weighted by molar-refractivity contribution is 5.86. The fourth-order valence-electron chi connectivity index (χ4n) is 4.63. The Morgan fingerprint density at radius 2 is 1.76 bits per heavy atom. The van der Waals surface area contributed by atoms with E-state index < -0.39 is 0 Å². The molecule has 2 aliphatic heterocycles. The van der Waals surface area contributed by atoms with E-state index in [0.29, 0.717) is 6.54 Å². The van der Waals surface area contributed by atoms with Gasteiger partial charge in [0.2, 0.25) is 5.91 Å². The first kappa shape index (κ1) is 18.0. The minimum absolute atomic E-state index is 0.0300. The van der Waals surface area contributed by atoms with Crippen molar-refractivity contribution < 1.29 is 14.3 Å². The zero-order valence-electron chi connectivity index (χ0n) is 16.1. The van der Waals surface area contributed by atoms with Crippen molar-refractivity contribution in [2.75, 3.05) is 0 Å². The molecule has 0 saturated carbocycles. The molecule has 2 aromatic carbocycles. The standard InChI is InChI=1S/C23H23N3O3/c1-14-8-10-15(11-9-14)22-19-20(17-6-2-3-7-18(17)27)24-25-21(19)23(28)26(22)13-16-5-4-12-29-16/h2-12,19-22,24-25,27H,13H2,1H3. The van der Waals surface area contributed by atoms with E-state index >= 15 is 0 Å². The van der Waals surface area contributed by atoms with Crippen molar-refractivity contribution in [2.24, 2.45) is 5.92 Å². The third-order valence-electron chi connectivity index (χ3n) is 6.01. The Morgan fingerprint density at radius 1 is 1.00 bits per heavy atom. The summed E-state index contributed by atoms with van der Waals surface area (Å²) in [4.78, 5) is 15.2. The molecule has 2 fully saturated rings. The van der Waals surface area contributed by atoms with Crippen LogP contribution in [0.2, 0.25) is 0 Å². The highest BCUT2D eigenvalue weighted by atomic mass is 16.3. The lowest BCUT2D eigenvalue weighted by Gasteiger charge is -2.31. The van der Waals surface area contributed by atoms with Crippen LogP contribution in [0, 0.1) is 12.8 Å². The largest absolute Gasteiger partial charge is 0.508 e. The van der Waals surface area contributed by atoms with Crippen LogP contribution >= 0.6 is 0 Å². The lowest BCUT2D eigenvalue weighted by molar-refractivity contribution is -0.131. The first-order valence-electron chi connectivity index (χ1n) is 9.82. The second-order valence-corrected chi connectivity index (χ2v) is 7.78. The molecule has 4 atom stereocenters. The summed E-state index contributed by atoms with van der Waals surface area (Å²) in [5.74, 6) is 0.936. The Bertz CT molecular complexity index is 1020. The molecule has 1 aromatic heterocycles. The van der Waals surface area contributed by atoms with Crippen molar-refractivity contribution in [3.05, 3.63) is 89.4 Å². The molecule has 3 heterocycles. The van der Waals surface area contributed by atoms with Gasteiger partial charge in [0.15, 0.2) is 0 Å². The highest BCUT2D eigenvalue weighted by Crippen LogP contribution is 2.48. The summed E-state index contributed by atoms with van der Waals surface area (Å²) < 4.78 is 5.53. The maximum absolute atomic E-state index is 13.3. The van der Waals surface area contributed by atoms with E-state index in [1.165, 1.54) is 5.56 Å². The molecular weight excluding hydrogens is 366 g/mol. The van der Waals surface area contributed by atoms with Crippen LogP contribution in [0.5, 0.6) is 5.75 Å². The number of para-hydroxylation sites is 1. The molecule has 5 rings (SSSR count). The molecule has 29 heavy (non-hydrogen) atoms. The quantitative estimate of drug-likeness (QED) is 0.639. The average molecular weight is 389 g/mol. The van der Waals surface area contributed by atoms with E-state index in [2.05, 4.69) is 42.0 Å². The predicted molar refractivity (Wildman–Crippen MR) is 108 cm³/mol. The number of likely N-dealkylation sites (tertiary alicyclic amines) is 1. The number of hydrogen-bond donors (Lipinski definition) is 3. The summed E-state index contributed by atoms with van der Waals surface area (Å²) in [5, 5.41) is 10.4. The molecule has 6 nitrogen and oxygen atoms in total. The van der Waals surface area contributed by atoms with E-state index in [4.69, 9.17) is 4.42 Å². The fourth-order valence-corrected chi connectivity index (χ4v) is 4.63. The zero-order chi connectivity index (χ0) is 20.0. The summed E-state index contributed by atoms with van der Waals surface area (Å²) in [6.45, 7) is 2.46. The summed E-state index contributed by atoms with van der Waals surface area (Å²) >= 11 is 0. The van der Waals surface area contributed by atoms with Gasteiger partial charge in [-0.15, -0.1) is 0 Å². The second-order valence-electron chi connectivity index (χ2n) is 7.78. The summed E-state index contributed by atoms with van der Waals surface area (Å²) in [7, 11) is 0. The van der Waals surface area contributed by atoms with Crippen molar-refractivity contribution in [3.8, 4) is 5.75 Å². The number of furan rings is 1. The Hall–Kier alpha value is -3.09. The van der Waals surface area contributed by atoms with Crippen LogP contribution in [-0.4, -0.2) is 22.0 Å². The van der Waals surface area contributed by atoms with Gasteiger partial charge in [0.05, 0.1) is 24.9 Å². The number of benzene rings is 2. The van der Waals surface area contributed by atoms with Gasteiger partial charge in [0.1, 0.15) is 17.6 Å². The molecule has 6 heteroatoms. The van der Waals surface area contributed by atoms with Crippen LogP contribution in [0.25, 0.3) is 0 Å². The molecule has 148 valence electrons. The number of phenols is 1. The zero-order valence-corrected chi connectivity index (χ0v) is 16.1. The van der Waals surface area contributed by atoms with Crippen molar-refractivity contribution in [1.82, 2.24) is 15.8 Å². The number of nitrogens with zero attached hydrogens (tertiary/aromatic N) is 1. The van der Waals surface area contributed by atoms with Crippen LogP contribution in [0.3, 0.4) is 0 Å². The molecule has 2 saturated heterocycles. The van der Waals surface area contributed by atoms with Crippen LogP contribution < -0.4 is 10.9 Å². The molecule has 0 spiro atoms. The van der Waals surface area contributed by atoms with E-state index in [-0.39, 0.29) is 35.7 Å². The number of hydrazine groups is 1. The number of phenolic OH excluding ortho intramolecular Hbond substituents is 1. The molecule has 0 radical (unpaired) electrons. The van der Waals surface area contributed by atoms with E-state index in [9.17, 15) is 9.90 Å². The number of aryl methyl sites for hydroxylation is 1. The first-order chi connectivity index (χ1) is 14.1. The van der Waals surface area contributed by atoms with Crippen LogP contribution in [0.4, 0.5) is 0 Å². The third-order valence-corrected chi connectivity index (χ3v) is 6.01. The average Bonchev–Trinajstić information content (AvgIpc) is 3.44. The van der Waals surface area contributed by atoms with Gasteiger partial charge in [-0.05, 0) is 30.7 Å². The normalized spacial score (nSPS) is 26.1. The van der Waals surface area contributed by atoms with Crippen LogP contribution in [-0.2, 0) is 11.3 Å². The van der Waals surface area contributed by atoms with Gasteiger partial charge in [-0.25, -0.2) is 10.9 Å². The fraction of sp³-hybridized carbons (Fsp3) is 0.261. The van der Waals surface area contributed by atoms with E-state index in [1.807, 2.05) is 29.2 Å². The van der Waals surface area contributed by atoms with E-state index in [0.717, 1.165) is 16.9 Å². The topological polar surface area (TPSA) is 77.7 Å². The third kappa shape index (κ3) is 3.01. The molecule has 0 aliphatic carbocycles. The molecular formula is C23H23N3O3. The van der Waals surface area contributed by atoms with Gasteiger partial charge >= 0.3 is 0 Å². The highest BCUT2D eigenvalue weighted by Gasteiger charge is 2.55. The lowest BCUT2D eigenvalue weighted by atomic mass is 9.83. The maximum atomic E-state index is 13.3. The number of amides is 1. The van der Waals surface area contributed by atoms with E-state index in [1.54, 1.807) is 18.4 Å². The van der Waals surface area contributed by atoms with Crippen LogP contribution in [0.1, 0.15) is 34.5 Å². The molecule has 3 N–H and O–H groups in total. The van der Waals surface area contributed by atoms with Gasteiger partial charge in [0.25, 0.3) is 0 Å². The first-order valence-corrected chi connectivity index (χ1v) is 9.82. The van der Waals surface area contributed by atoms with Gasteiger partial charge in [-0.1, -0.05) is 48.0 Å². The van der Waals surface area contributed by atoms with Crippen molar-refractivity contribution in [1.29, 1.82) is 0 Å². The SMILES string of the molecule is Cc1ccc(C2C3C(NNC3c3ccccc3O)C(=O)N2Cc2ccco2)cc1. The monoisotopic (exact) mass is 389 g/mol. The summed E-state index contributed by atoms with van der Waals surface area (Å²) in [6, 6.07) is 18.6. The molecule has 0 bridgehead atoms. The molecule has 1 amide bonds. The molecule has 2 aliphatic rings. The Balaban J connectivity index is 1.58.